The summed E-state index contributed by atoms with van der Waals surface area (Å²) in [5.41, 5.74) is 1.83. The van der Waals surface area contributed by atoms with E-state index in [2.05, 4.69) is 21.3 Å². The smallest absolute Gasteiger partial charge is 0.261 e. The van der Waals surface area contributed by atoms with E-state index in [1.165, 1.54) is 6.42 Å². The van der Waals surface area contributed by atoms with Gasteiger partial charge in [-0.25, -0.2) is 13.8 Å². The molecule has 1 N–H and O–H groups in total. The predicted octanol–water partition coefficient (Wildman–Crippen LogP) is 7.27. The van der Waals surface area contributed by atoms with Crippen molar-refractivity contribution >= 4 is 11.0 Å². The molecule has 4 nitrogen and oxygen atoms in total. The van der Waals surface area contributed by atoms with Crippen LogP contribution in [0, 0.1) is 17.2 Å². The quantitative estimate of drug-likeness (QED) is 0.423. The Morgan fingerprint density at radius 2 is 1.91 bits per heavy atom. The van der Waals surface area contributed by atoms with Crippen LogP contribution in [0.25, 0.3) is 22.2 Å². The van der Waals surface area contributed by atoms with Crippen LogP contribution >= 0.6 is 0 Å². The number of hydrogen-bond donors (Lipinski definition) is 1. The topological polar surface area (TPSA) is 65.4 Å². The van der Waals surface area contributed by atoms with Crippen molar-refractivity contribution in [2.24, 2.45) is 5.92 Å². The summed E-state index contributed by atoms with van der Waals surface area (Å²) in [6.07, 6.45) is 9.85. The summed E-state index contributed by atoms with van der Waals surface area (Å²) < 4.78 is 31.0. The first kappa shape index (κ1) is 22.4. The Hall–Kier alpha value is -2.81. The number of H-pyrrole nitrogens is 1. The molecule has 1 saturated carbocycles. The van der Waals surface area contributed by atoms with Gasteiger partial charge in [-0.2, -0.15) is 10.4 Å². The van der Waals surface area contributed by atoms with E-state index in [0.29, 0.717) is 35.5 Å². The molecule has 4 rings (SSSR count). The van der Waals surface area contributed by atoms with Crippen molar-refractivity contribution in [3.05, 3.63) is 47.8 Å². The standard InChI is InChI=1S/C26H30F2N4/c1-3-25(2,17-29)20-13-19(22-10-12-30-24-23(22)16-31-32-24)14-21(15-20)26(27,28)11-9-18-7-5-4-6-8-18/h10,12-16,18H,3-9,11H2,1-2H3,(H,30,31,32). The van der Waals surface area contributed by atoms with E-state index in [-0.39, 0.29) is 12.0 Å². The van der Waals surface area contributed by atoms with Crippen molar-refractivity contribution in [1.82, 2.24) is 15.2 Å². The van der Waals surface area contributed by atoms with Crippen molar-refractivity contribution in [2.45, 2.75) is 76.6 Å². The minimum Gasteiger partial charge on any atom is -0.261 e. The maximum absolute atomic E-state index is 15.5. The third kappa shape index (κ3) is 4.39. The van der Waals surface area contributed by atoms with Crippen molar-refractivity contribution in [2.75, 3.05) is 0 Å². The predicted molar refractivity (Wildman–Crippen MR) is 122 cm³/mol. The second-order valence-corrected chi connectivity index (χ2v) is 9.33. The zero-order chi connectivity index (χ0) is 22.8. The van der Waals surface area contributed by atoms with Crippen LogP contribution in [-0.2, 0) is 11.3 Å². The number of aromatic amines is 1. The maximum Gasteiger partial charge on any atom is 0.273 e. The second-order valence-electron chi connectivity index (χ2n) is 9.33. The van der Waals surface area contributed by atoms with E-state index in [1.807, 2.05) is 26.0 Å². The fourth-order valence-corrected chi connectivity index (χ4v) is 4.77. The molecular formula is C26H30F2N4. The highest BCUT2D eigenvalue weighted by Crippen LogP contribution is 2.42. The van der Waals surface area contributed by atoms with Gasteiger partial charge >= 0.3 is 0 Å². The van der Waals surface area contributed by atoms with Gasteiger partial charge in [0.25, 0.3) is 5.92 Å². The number of hydrogen-bond acceptors (Lipinski definition) is 3. The summed E-state index contributed by atoms with van der Waals surface area (Å²) in [5.74, 6) is -2.56. The van der Waals surface area contributed by atoms with Gasteiger partial charge in [0.05, 0.1) is 17.7 Å². The number of pyridine rings is 1. The Morgan fingerprint density at radius 1 is 1.16 bits per heavy atom. The number of fused-ring (bicyclic) bond motifs is 1. The molecule has 1 atom stereocenters. The van der Waals surface area contributed by atoms with Crippen LogP contribution in [0.3, 0.4) is 0 Å². The van der Waals surface area contributed by atoms with Gasteiger partial charge in [0.1, 0.15) is 0 Å². The van der Waals surface area contributed by atoms with Crippen LogP contribution < -0.4 is 0 Å². The molecule has 0 aliphatic heterocycles. The number of benzene rings is 1. The zero-order valence-electron chi connectivity index (χ0n) is 18.8. The Balaban J connectivity index is 1.77. The average molecular weight is 437 g/mol. The molecule has 6 heteroatoms. The highest BCUT2D eigenvalue weighted by atomic mass is 19.3. The van der Waals surface area contributed by atoms with Gasteiger partial charge in [-0.1, -0.05) is 39.0 Å². The highest BCUT2D eigenvalue weighted by molar-refractivity contribution is 5.92. The molecule has 168 valence electrons. The molecule has 32 heavy (non-hydrogen) atoms. The third-order valence-corrected chi connectivity index (χ3v) is 7.20. The van der Waals surface area contributed by atoms with Gasteiger partial charge in [-0.15, -0.1) is 0 Å². The van der Waals surface area contributed by atoms with Gasteiger partial charge in [0.2, 0.25) is 0 Å². The van der Waals surface area contributed by atoms with E-state index >= 15 is 8.78 Å². The summed E-state index contributed by atoms with van der Waals surface area (Å²) >= 11 is 0. The summed E-state index contributed by atoms with van der Waals surface area (Å²) in [4.78, 5) is 4.26. The molecule has 0 radical (unpaired) electrons. The molecule has 2 heterocycles. The lowest BCUT2D eigenvalue weighted by molar-refractivity contribution is -0.0205. The Morgan fingerprint density at radius 3 is 2.62 bits per heavy atom. The van der Waals surface area contributed by atoms with Gasteiger partial charge in [0, 0.05) is 23.6 Å². The molecule has 2 aromatic heterocycles. The summed E-state index contributed by atoms with van der Waals surface area (Å²) in [5, 5.41) is 17.5. The minimum atomic E-state index is -2.95. The molecule has 1 aliphatic carbocycles. The molecule has 0 bridgehead atoms. The fourth-order valence-electron chi connectivity index (χ4n) is 4.77. The lowest BCUT2D eigenvalue weighted by atomic mass is 9.78. The first-order chi connectivity index (χ1) is 15.4. The highest BCUT2D eigenvalue weighted by Gasteiger charge is 2.35. The molecule has 3 aromatic rings. The van der Waals surface area contributed by atoms with E-state index in [0.717, 1.165) is 36.6 Å². The number of rotatable bonds is 7. The lowest BCUT2D eigenvalue weighted by Gasteiger charge is -2.27. The van der Waals surface area contributed by atoms with Crippen molar-refractivity contribution < 1.29 is 8.78 Å². The van der Waals surface area contributed by atoms with Gasteiger partial charge in [-0.3, -0.25) is 5.10 Å². The van der Waals surface area contributed by atoms with Crippen LogP contribution in [0.15, 0.2) is 36.7 Å². The van der Waals surface area contributed by atoms with Gasteiger partial charge < -0.3 is 0 Å². The summed E-state index contributed by atoms with van der Waals surface area (Å²) in [6, 6.07) is 9.16. The second kappa shape index (κ2) is 8.97. The number of nitrogens with zero attached hydrogens (tertiary/aromatic N) is 3. The van der Waals surface area contributed by atoms with Crippen LogP contribution in [0.5, 0.6) is 0 Å². The number of alkyl halides is 2. The van der Waals surface area contributed by atoms with Crippen LogP contribution in [0.1, 0.15) is 76.3 Å². The Bertz CT molecular complexity index is 1120. The van der Waals surface area contributed by atoms with Gasteiger partial charge in [0.15, 0.2) is 5.65 Å². The number of nitrogens with one attached hydrogen (secondary N) is 1. The molecule has 1 unspecified atom stereocenters. The summed E-state index contributed by atoms with van der Waals surface area (Å²) in [7, 11) is 0. The number of nitriles is 1. The SMILES string of the molecule is CCC(C)(C#N)c1cc(-c2ccnc3[nH]ncc23)cc(C(F)(F)CCC2CCCCC2)c1. The number of halogens is 2. The third-order valence-electron chi connectivity index (χ3n) is 7.20. The lowest BCUT2D eigenvalue weighted by Crippen LogP contribution is -2.21. The zero-order valence-corrected chi connectivity index (χ0v) is 18.8. The fraction of sp³-hybridized carbons (Fsp3) is 0.500. The molecule has 1 aliphatic rings. The molecule has 0 spiro atoms. The average Bonchev–Trinajstić information content (AvgIpc) is 3.32. The van der Waals surface area contributed by atoms with E-state index in [9.17, 15) is 5.26 Å². The van der Waals surface area contributed by atoms with Crippen molar-refractivity contribution in [1.29, 1.82) is 5.26 Å². The minimum absolute atomic E-state index is 0.0100. The van der Waals surface area contributed by atoms with E-state index in [1.54, 1.807) is 24.5 Å². The Kier molecular flexibility index (Phi) is 6.28. The van der Waals surface area contributed by atoms with Crippen molar-refractivity contribution in [3.8, 4) is 17.2 Å². The van der Waals surface area contributed by atoms with Crippen LogP contribution in [-0.4, -0.2) is 15.2 Å². The monoisotopic (exact) mass is 436 g/mol. The van der Waals surface area contributed by atoms with Crippen LogP contribution in [0.2, 0.25) is 0 Å². The molecule has 1 fully saturated rings. The molecule has 0 amide bonds. The molecule has 1 aromatic carbocycles. The first-order valence-corrected chi connectivity index (χ1v) is 11.6. The van der Waals surface area contributed by atoms with Gasteiger partial charge in [-0.05, 0) is 66.6 Å². The summed E-state index contributed by atoms with van der Waals surface area (Å²) in [6.45, 7) is 3.73. The van der Waals surface area contributed by atoms with Crippen molar-refractivity contribution in [3.63, 3.8) is 0 Å². The normalized spacial score (nSPS) is 17.2. The van der Waals surface area contributed by atoms with E-state index in [4.69, 9.17) is 0 Å². The molecular weight excluding hydrogens is 406 g/mol. The first-order valence-electron chi connectivity index (χ1n) is 11.6. The van der Waals surface area contributed by atoms with E-state index < -0.39 is 11.3 Å². The number of aromatic nitrogens is 3. The Labute approximate surface area is 188 Å². The largest absolute Gasteiger partial charge is 0.273 e. The van der Waals surface area contributed by atoms with Crippen LogP contribution in [0.4, 0.5) is 8.78 Å². The maximum atomic E-state index is 15.5. The molecule has 0 saturated heterocycles.